The van der Waals surface area contributed by atoms with Crippen LogP contribution in [-0.4, -0.2) is 23.8 Å². The zero-order chi connectivity index (χ0) is 18.6. The van der Waals surface area contributed by atoms with Crippen LogP contribution in [0.4, 0.5) is 18.9 Å². The summed E-state index contributed by atoms with van der Waals surface area (Å²) >= 11 is 0. The summed E-state index contributed by atoms with van der Waals surface area (Å²) in [7, 11) is 1.43. The fourth-order valence-electron chi connectivity index (χ4n) is 2.42. The maximum absolute atomic E-state index is 13.1. The lowest BCUT2D eigenvalue weighted by Gasteiger charge is -2.20. The molecule has 0 spiro atoms. The molecule has 0 atom stereocenters. The Balaban J connectivity index is 2.21. The topological polar surface area (TPSA) is 49.4 Å². The van der Waals surface area contributed by atoms with E-state index in [0.29, 0.717) is 5.69 Å². The normalized spacial score (nSPS) is 11.1. The first kappa shape index (κ1) is 18.5. The number of amides is 2. The first-order chi connectivity index (χ1) is 11.7. The lowest BCUT2D eigenvalue weighted by molar-refractivity contribution is -0.138. The van der Waals surface area contributed by atoms with Crippen LogP contribution >= 0.6 is 0 Å². The molecule has 0 fully saturated rings. The SMILES string of the molecule is CC(=O)Nc1cccc(C(=O)N(C)Cc2ccccc2C(F)(F)F)c1. The smallest absolute Gasteiger partial charge is 0.337 e. The van der Waals surface area contributed by atoms with Crippen molar-refractivity contribution in [2.24, 2.45) is 0 Å². The fraction of sp³-hybridized carbons (Fsp3) is 0.222. The van der Waals surface area contributed by atoms with Crippen molar-refractivity contribution in [1.29, 1.82) is 0 Å². The van der Waals surface area contributed by atoms with E-state index in [0.717, 1.165) is 6.07 Å². The molecule has 2 aromatic rings. The van der Waals surface area contributed by atoms with Crippen molar-refractivity contribution >= 4 is 17.5 Å². The molecular formula is C18H17F3N2O2. The third kappa shape index (κ3) is 4.82. The van der Waals surface area contributed by atoms with E-state index >= 15 is 0 Å². The molecule has 1 N–H and O–H groups in total. The molecule has 0 radical (unpaired) electrons. The Labute approximate surface area is 143 Å². The van der Waals surface area contributed by atoms with E-state index in [9.17, 15) is 22.8 Å². The molecule has 0 saturated heterocycles. The monoisotopic (exact) mass is 350 g/mol. The van der Waals surface area contributed by atoms with Gasteiger partial charge in [0.1, 0.15) is 0 Å². The van der Waals surface area contributed by atoms with Gasteiger partial charge in [0.25, 0.3) is 5.91 Å². The number of nitrogens with zero attached hydrogens (tertiary/aromatic N) is 1. The molecule has 0 bridgehead atoms. The summed E-state index contributed by atoms with van der Waals surface area (Å²) in [6, 6.07) is 11.4. The molecule has 0 aliphatic rings. The molecule has 7 heteroatoms. The number of hydrogen-bond donors (Lipinski definition) is 1. The summed E-state index contributed by atoms with van der Waals surface area (Å²) in [5.41, 5.74) is -0.0220. The Kier molecular flexibility index (Phi) is 5.46. The quantitative estimate of drug-likeness (QED) is 0.908. The van der Waals surface area contributed by atoms with Crippen LogP contribution in [0.25, 0.3) is 0 Å². The van der Waals surface area contributed by atoms with E-state index in [-0.39, 0.29) is 23.6 Å². The number of hydrogen-bond acceptors (Lipinski definition) is 2. The van der Waals surface area contributed by atoms with E-state index in [1.54, 1.807) is 18.2 Å². The second kappa shape index (κ2) is 7.38. The molecule has 0 saturated carbocycles. The van der Waals surface area contributed by atoms with Crippen LogP contribution in [0.2, 0.25) is 0 Å². The highest BCUT2D eigenvalue weighted by molar-refractivity contribution is 5.96. The highest BCUT2D eigenvalue weighted by atomic mass is 19.4. The number of carbonyl (C=O) groups excluding carboxylic acids is 2. The summed E-state index contributed by atoms with van der Waals surface area (Å²) < 4.78 is 39.2. The Morgan fingerprint density at radius 3 is 2.40 bits per heavy atom. The first-order valence-corrected chi connectivity index (χ1v) is 7.46. The number of nitrogens with one attached hydrogen (secondary N) is 1. The van der Waals surface area contributed by atoms with Gasteiger partial charge >= 0.3 is 6.18 Å². The van der Waals surface area contributed by atoms with Gasteiger partial charge in [-0.05, 0) is 29.8 Å². The summed E-state index contributed by atoms with van der Waals surface area (Å²) in [5, 5.41) is 2.56. The van der Waals surface area contributed by atoms with E-state index in [4.69, 9.17) is 0 Å². The molecule has 0 aliphatic carbocycles. The molecule has 2 amide bonds. The van der Waals surface area contributed by atoms with Gasteiger partial charge in [-0.1, -0.05) is 24.3 Å². The van der Waals surface area contributed by atoms with Gasteiger partial charge in [0.05, 0.1) is 5.56 Å². The van der Waals surface area contributed by atoms with Gasteiger partial charge in [0.2, 0.25) is 5.91 Å². The van der Waals surface area contributed by atoms with Crippen molar-refractivity contribution in [2.45, 2.75) is 19.6 Å². The molecule has 2 rings (SSSR count). The minimum absolute atomic E-state index is 0.0175. The fourth-order valence-corrected chi connectivity index (χ4v) is 2.42. The van der Waals surface area contributed by atoms with E-state index < -0.39 is 17.6 Å². The molecule has 0 aromatic heterocycles. The lowest BCUT2D eigenvalue weighted by Crippen LogP contribution is -2.27. The Hall–Kier alpha value is -2.83. The zero-order valence-electron chi connectivity index (χ0n) is 13.7. The van der Waals surface area contributed by atoms with Gasteiger partial charge in [-0.15, -0.1) is 0 Å². The molecule has 0 heterocycles. The van der Waals surface area contributed by atoms with Crippen LogP contribution in [0.1, 0.15) is 28.4 Å². The second-order valence-electron chi connectivity index (χ2n) is 5.58. The maximum atomic E-state index is 13.1. The minimum atomic E-state index is -4.48. The van der Waals surface area contributed by atoms with E-state index in [2.05, 4.69) is 5.32 Å². The van der Waals surface area contributed by atoms with Crippen LogP contribution in [0.5, 0.6) is 0 Å². The summed E-state index contributed by atoms with van der Waals surface area (Å²) in [6.45, 7) is 1.16. The van der Waals surface area contributed by atoms with E-state index in [1.807, 2.05) is 0 Å². The van der Waals surface area contributed by atoms with Gasteiger partial charge in [-0.3, -0.25) is 9.59 Å². The minimum Gasteiger partial charge on any atom is -0.337 e. The van der Waals surface area contributed by atoms with Crippen LogP contribution < -0.4 is 5.32 Å². The molecule has 25 heavy (non-hydrogen) atoms. The van der Waals surface area contributed by atoms with Gasteiger partial charge < -0.3 is 10.2 Å². The predicted molar refractivity (Wildman–Crippen MR) is 88.0 cm³/mol. The van der Waals surface area contributed by atoms with Crippen LogP contribution in [0.15, 0.2) is 48.5 Å². The van der Waals surface area contributed by atoms with Crippen LogP contribution in [0, 0.1) is 0 Å². The number of alkyl halides is 3. The molecule has 2 aromatic carbocycles. The summed E-state index contributed by atoms with van der Waals surface area (Å²) in [5.74, 6) is -0.721. The Morgan fingerprint density at radius 1 is 1.08 bits per heavy atom. The highest BCUT2D eigenvalue weighted by Gasteiger charge is 2.33. The van der Waals surface area contributed by atoms with Crippen molar-refractivity contribution in [1.82, 2.24) is 4.90 Å². The average Bonchev–Trinajstić information content (AvgIpc) is 2.53. The van der Waals surface area contributed by atoms with Crippen molar-refractivity contribution in [3.8, 4) is 0 Å². The lowest BCUT2D eigenvalue weighted by atomic mass is 10.1. The number of benzene rings is 2. The molecular weight excluding hydrogens is 333 g/mol. The van der Waals surface area contributed by atoms with Crippen molar-refractivity contribution in [2.75, 3.05) is 12.4 Å². The summed E-state index contributed by atoms with van der Waals surface area (Å²) in [6.07, 6.45) is -4.48. The highest BCUT2D eigenvalue weighted by Crippen LogP contribution is 2.32. The third-order valence-electron chi connectivity index (χ3n) is 3.51. The van der Waals surface area contributed by atoms with Crippen LogP contribution in [0.3, 0.4) is 0 Å². The second-order valence-corrected chi connectivity index (χ2v) is 5.58. The van der Waals surface area contributed by atoms with E-state index in [1.165, 1.54) is 43.1 Å². The number of halogens is 3. The largest absolute Gasteiger partial charge is 0.416 e. The zero-order valence-corrected chi connectivity index (χ0v) is 13.7. The molecule has 132 valence electrons. The number of anilines is 1. The third-order valence-corrected chi connectivity index (χ3v) is 3.51. The number of rotatable bonds is 4. The van der Waals surface area contributed by atoms with Gasteiger partial charge in [0, 0.05) is 31.8 Å². The predicted octanol–water partition coefficient (Wildman–Crippen LogP) is 3.94. The van der Waals surface area contributed by atoms with Crippen molar-refractivity contribution in [3.63, 3.8) is 0 Å². The molecule has 0 aliphatic heterocycles. The van der Waals surface area contributed by atoms with Crippen LogP contribution in [-0.2, 0) is 17.5 Å². The maximum Gasteiger partial charge on any atom is 0.416 e. The van der Waals surface area contributed by atoms with Gasteiger partial charge in [0.15, 0.2) is 0 Å². The Bertz CT molecular complexity index is 788. The summed E-state index contributed by atoms with van der Waals surface area (Å²) in [4.78, 5) is 24.8. The standard InChI is InChI=1S/C18H17F3N2O2/c1-12(24)22-15-8-5-7-13(10-15)17(25)23(2)11-14-6-3-4-9-16(14)18(19,20)21/h3-10H,11H2,1-2H3,(H,22,24). The van der Waals surface area contributed by atoms with Gasteiger partial charge in [-0.25, -0.2) is 0 Å². The van der Waals surface area contributed by atoms with Gasteiger partial charge in [-0.2, -0.15) is 13.2 Å². The average molecular weight is 350 g/mol. The van der Waals surface area contributed by atoms with Crippen molar-refractivity contribution < 1.29 is 22.8 Å². The number of carbonyl (C=O) groups is 2. The Morgan fingerprint density at radius 2 is 1.76 bits per heavy atom. The van der Waals surface area contributed by atoms with Crippen molar-refractivity contribution in [3.05, 3.63) is 65.2 Å². The molecule has 0 unspecified atom stereocenters. The first-order valence-electron chi connectivity index (χ1n) is 7.46. The molecule has 4 nitrogen and oxygen atoms in total.